The number of nitrogens with one attached hydrogen (secondary N) is 1. The Kier molecular flexibility index (Phi) is 3.51. The van der Waals surface area contributed by atoms with Crippen LogP contribution in [-0.2, 0) is 6.42 Å². The molecule has 1 aromatic carbocycles. The number of nitrogens with zero attached hydrogens (tertiary/aromatic N) is 4. The molecule has 2 heterocycles. The summed E-state index contributed by atoms with van der Waals surface area (Å²) in [5, 5.41) is 7.53. The van der Waals surface area contributed by atoms with Gasteiger partial charge in [-0.1, -0.05) is 12.1 Å². The van der Waals surface area contributed by atoms with Gasteiger partial charge in [-0.2, -0.15) is 14.6 Å². The molecule has 3 rings (SSSR count). The molecule has 108 valence electrons. The fourth-order valence-corrected chi connectivity index (χ4v) is 2.35. The first kappa shape index (κ1) is 13.5. The van der Waals surface area contributed by atoms with Crippen molar-refractivity contribution in [2.45, 2.75) is 26.3 Å². The lowest BCUT2D eigenvalue weighted by molar-refractivity contribution is 0.624. The maximum atomic E-state index is 13.2. The summed E-state index contributed by atoms with van der Waals surface area (Å²) < 4.78 is 14.9. The van der Waals surface area contributed by atoms with E-state index in [1.54, 1.807) is 16.6 Å². The third-order valence-electron chi connectivity index (χ3n) is 3.21. The first-order valence-corrected chi connectivity index (χ1v) is 6.80. The van der Waals surface area contributed by atoms with Gasteiger partial charge in [0.1, 0.15) is 18.0 Å². The molecule has 0 fully saturated rings. The Bertz CT molecular complexity index is 768. The van der Waals surface area contributed by atoms with Crippen LogP contribution < -0.4 is 5.32 Å². The standard InChI is InChI=1S/C15H16FN5/c1-10(6-12-4-3-5-13(16)8-12)19-14-7-11(2)20-15-17-9-18-21(14)15/h3-5,7-10,19H,6H2,1-2H3. The number of aryl methyl sites for hydroxylation is 1. The monoisotopic (exact) mass is 285 g/mol. The van der Waals surface area contributed by atoms with E-state index in [9.17, 15) is 4.39 Å². The predicted molar refractivity (Wildman–Crippen MR) is 78.7 cm³/mol. The van der Waals surface area contributed by atoms with E-state index in [0.717, 1.165) is 23.5 Å². The van der Waals surface area contributed by atoms with Crippen molar-refractivity contribution in [2.24, 2.45) is 0 Å². The highest BCUT2D eigenvalue weighted by atomic mass is 19.1. The Morgan fingerprint density at radius 2 is 2.19 bits per heavy atom. The van der Waals surface area contributed by atoms with Crippen LogP contribution in [-0.4, -0.2) is 25.6 Å². The third-order valence-corrected chi connectivity index (χ3v) is 3.21. The molecule has 0 saturated heterocycles. The zero-order chi connectivity index (χ0) is 14.8. The minimum Gasteiger partial charge on any atom is -0.367 e. The van der Waals surface area contributed by atoms with Gasteiger partial charge in [0.25, 0.3) is 5.78 Å². The second kappa shape index (κ2) is 5.47. The summed E-state index contributed by atoms with van der Waals surface area (Å²) in [4.78, 5) is 8.39. The lowest BCUT2D eigenvalue weighted by Gasteiger charge is -2.16. The average Bonchev–Trinajstić information content (AvgIpc) is 2.86. The summed E-state index contributed by atoms with van der Waals surface area (Å²) in [6, 6.07) is 8.70. The number of anilines is 1. The van der Waals surface area contributed by atoms with Gasteiger partial charge in [-0.3, -0.25) is 0 Å². The van der Waals surface area contributed by atoms with Crippen molar-refractivity contribution in [2.75, 3.05) is 5.32 Å². The SMILES string of the molecule is Cc1cc(NC(C)Cc2cccc(F)c2)n2ncnc2n1. The fourth-order valence-electron chi connectivity index (χ4n) is 2.35. The molecule has 21 heavy (non-hydrogen) atoms. The van der Waals surface area contributed by atoms with Crippen molar-refractivity contribution in [1.82, 2.24) is 19.6 Å². The fraction of sp³-hybridized carbons (Fsp3) is 0.267. The second-order valence-corrected chi connectivity index (χ2v) is 5.13. The van der Waals surface area contributed by atoms with Gasteiger partial charge < -0.3 is 5.32 Å². The van der Waals surface area contributed by atoms with E-state index in [-0.39, 0.29) is 11.9 Å². The molecular formula is C15H16FN5. The van der Waals surface area contributed by atoms with Crippen molar-refractivity contribution in [1.29, 1.82) is 0 Å². The topological polar surface area (TPSA) is 55.1 Å². The number of rotatable bonds is 4. The van der Waals surface area contributed by atoms with Crippen molar-refractivity contribution >= 4 is 11.6 Å². The van der Waals surface area contributed by atoms with Crippen LogP contribution in [0.4, 0.5) is 10.2 Å². The van der Waals surface area contributed by atoms with Gasteiger partial charge in [0.05, 0.1) is 0 Å². The van der Waals surface area contributed by atoms with E-state index in [4.69, 9.17) is 0 Å². The van der Waals surface area contributed by atoms with Crippen LogP contribution in [0, 0.1) is 12.7 Å². The lowest BCUT2D eigenvalue weighted by atomic mass is 10.1. The largest absolute Gasteiger partial charge is 0.367 e. The van der Waals surface area contributed by atoms with Crippen molar-refractivity contribution in [3.63, 3.8) is 0 Å². The number of aromatic nitrogens is 4. The molecule has 0 aliphatic carbocycles. The number of hydrogen-bond acceptors (Lipinski definition) is 4. The van der Waals surface area contributed by atoms with Gasteiger partial charge in [0.2, 0.25) is 0 Å². The first-order valence-electron chi connectivity index (χ1n) is 6.80. The molecule has 0 amide bonds. The zero-order valence-electron chi connectivity index (χ0n) is 11.9. The Morgan fingerprint density at radius 3 is 3.00 bits per heavy atom. The molecule has 0 radical (unpaired) electrons. The molecule has 1 unspecified atom stereocenters. The maximum Gasteiger partial charge on any atom is 0.254 e. The molecule has 0 spiro atoms. The van der Waals surface area contributed by atoms with Gasteiger partial charge in [-0.25, -0.2) is 9.37 Å². The van der Waals surface area contributed by atoms with Gasteiger partial charge in [0, 0.05) is 17.8 Å². The summed E-state index contributed by atoms with van der Waals surface area (Å²) in [5.74, 6) is 1.19. The third kappa shape index (κ3) is 2.99. The van der Waals surface area contributed by atoms with E-state index < -0.39 is 0 Å². The molecule has 6 heteroatoms. The highest BCUT2D eigenvalue weighted by molar-refractivity contribution is 5.45. The normalized spacial score (nSPS) is 12.5. The molecule has 5 nitrogen and oxygen atoms in total. The van der Waals surface area contributed by atoms with Crippen LogP contribution in [0.1, 0.15) is 18.2 Å². The molecule has 0 aliphatic heterocycles. The van der Waals surface area contributed by atoms with E-state index in [1.807, 2.05) is 26.0 Å². The number of fused-ring (bicyclic) bond motifs is 1. The van der Waals surface area contributed by atoms with Crippen molar-refractivity contribution in [3.05, 3.63) is 53.7 Å². The molecular weight excluding hydrogens is 269 g/mol. The Balaban J connectivity index is 1.80. The predicted octanol–water partition coefficient (Wildman–Crippen LogP) is 2.61. The maximum absolute atomic E-state index is 13.2. The van der Waals surface area contributed by atoms with Crippen LogP contribution in [0.5, 0.6) is 0 Å². The molecule has 1 N–H and O–H groups in total. The van der Waals surface area contributed by atoms with Gasteiger partial charge in [-0.15, -0.1) is 0 Å². The van der Waals surface area contributed by atoms with Crippen LogP contribution in [0.15, 0.2) is 36.7 Å². The van der Waals surface area contributed by atoms with Crippen molar-refractivity contribution < 1.29 is 4.39 Å². The molecule has 0 saturated carbocycles. The summed E-state index contributed by atoms with van der Waals surface area (Å²) in [6.07, 6.45) is 2.19. The number of hydrogen-bond donors (Lipinski definition) is 1. The Hall–Kier alpha value is -2.50. The number of halogens is 1. The minimum absolute atomic E-state index is 0.126. The van der Waals surface area contributed by atoms with E-state index in [2.05, 4.69) is 20.4 Å². The summed E-state index contributed by atoms with van der Waals surface area (Å²) in [5.41, 5.74) is 1.83. The zero-order valence-corrected chi connectivity index (χ0v) is 11.9. The van der Waals surface area contributed by atoms with Crippen LogP contribution >= 0.6 is 0 Å². The molecule has 0 aliphatic rings. The van der Waals surface area contributed by atoms with E-state index >= 15 is 0 Å². The Morgan fingerprint density at radius 1 is 1.33 bits per heavy atom. The smallest absolute Gasteiger partial charge is 0.254 e. The second-order valence-electron chi connectivity index (χ2n) is 5.13. The summed E-state index contributed by atoms with van der Waals surface area (Å²) in [6.45, 7) is 3.96. The summed E-state index contributed by atoms with van der Waals surface area (Å²) in [7, 11) is 0. The Labute approximate surface area is 121 Å². The highest BCUT2D eigenvalue weighted by Crippen LogP contribution is 2.14. The quantitative estimate of drug-likeness (QED) is 0.800. The number of benzene rings is 1. The molecule has 0 bridgehead atoms. The van der Waals surface area contributed by atoms with E-state index in [1.165, 1.54) is 12.4 Å². The van der Waals surface area contributed by atoms with Crippen LogP contribution in [0.2, 0.25) is 0 Å². The van der Waals surface area contributed by atoms with Gasteiger partial charge in [-0.05, 0) is 38.0 Å². The summed E-state index contributed by atoms with van der Waals surface area (Å²) >= 11 is 0. The highest BCUT2D eigenvalue weighted by Gasteiger charge is 2.09. The van der Waals surface area contributed by atoms with Gasteiger partial charge >= 0.3 is 0 Å². The van der Waals surface area contributed by atoms with Gasteiger partial charge in [0.15, 0.2) is 0 Å². The minimum atomic E-state index is -0.210. The van der Waals surface area contributed by atoms with Crippen molar-refractivity contribution in [3.8, 4) is 0 Å². The van der Waals surface area contributed by atoms with Crippen LogP contribution in [0.25, 0.3) is 5.78 Å². The molecule has 1 atom stereocenters. The molecule has 3 aromatic rings. The average molecular weight is 285 g/mol. The first-order chi connectivity index (χ1) is 10.1. The van der Waals surface area contributed by atoms with E-state index in [0.29, 0.717) is 5.78 Å². The lowest BCUT2D eigenvalue weighted by Crippen LogP contribution is -2.20. The van der Waals surface area contributed by atoms with Crippen LogP contribution in [0.3, 0.4) is 0 Å². The molecule has 2 aromatic heterocycles.